The number of ether oxygens (including phenoxy) is 2. The minimum Gasteiger partial charge on any atom is -0.485 e. The maximum Gasteiger partial charge on any atom is 0.201 e. The Hall–Kier alpha value is -1.55. The maximum atomic E-state index is 12.1. The molecule has 0 fully saturated rings. The van der Waals surface area contributed by atoms with Crippen molar-refractivity contribution in [3.63, 3.8) is 0 Å². The Morgan fingerprint density at radius 1 is 1.14 bits per heavy atom. The van der Waals surface area contributed by atoms with E-state index in [1.807, 2.05) is 18.2 Å². The SMILES string of the molecule is COCc1cccc(OCC(=O)c2cc(Cl)ccc2Cl)c1. The molecule has 110 valence electrons. The van der Waals surface area contributed by atoms with Crippen LogP contribution in [0.15, 0.2) is 42.5 Å². The number of halogens is 2. The van der Waals surface area contributed by atoms with Gasteiger partial charge in [0.15, 0.2) is 6.61 Å². The molecular weight excluding hydrogens is 311 g/mol. The highest BCUT2D eigenvalue weighted by molar-refractivity contribution is 6.35. The van der Waals surface area contributed by atoms with Crippen LogP contribution >= 0.6 is 23.2 Å². The summed E-state index contributed by atoms with van der Waals surface area (Å²) in [6.45, 7) is 0.391. The average molecular weight is 325 g/mol. The average Bonchev–Trinajstić information content (AvgIpc) is 2.48. The van der Waals surface area contributed by atoms with Crippen LogP contribution in [0, 0.1) is 0 Å². The molecule has 0 aromatic heterocycles. The Balaban J connectivity index is 2.04. The van der Waals surface area contributed by atoms with Crippen LogP contribution in [0.4, 0.5) is 0 Å². The number of methoxy groups -OCH3 is 1. The molecule has 0 heterocycles. The van der Waals surface area contributed by atoms with E-state index in [0.29, 0.717) is 28.0 Å². The summed E-state index contributed by atoms with van der Waals surface area (Å²) in [5.41, 5.74) is 1.33. The predicted molar refractivity (Wildman–Crippen MR) is 83.4 cm³/mol. The van der Waals surface area contributed by atoms with Gasteiger partial charge in [-0.3, -0.25) is 4.79 Å². The van der Waals surface area contributed by atoms with E-state index in [4.69, 9.17) is 32.7 Å². The molecule has 21 heavy (non-hydrogen) atoms. The number of carbonyl (C=O) groups excluding carboxylic acids is 1. The molecule has 2 aromatic carbocycles. The van der Waals surface area contributed by atoms with Crippen LogP contribution in [0.5, 0.6) is 5.75 Å². The van der Waals surface area contributed by atoms with E-state index in [0.717, 1.165) is 5.56 Å². The molecule has 0 aliphatic carbocycles. The largest absolute Gasteiger partial charge is 0.485 e. The molecule has 0 radical (unpaired) electrons. The van der Waals surface area contributed by atoms with Gasteiger partial charge in [-0.15, -0.1) is 0 Å². The summed E-state index contributed by atoms with van der Waals surface area (Å²) in [4.78, 5) is 12.1. The Morgan fingerprint density at radius 3 is 2.71 bits per heavy atom. The van der Waals surface area contributed by atoms with Gasteiger partial charge in [0.05, 0.1) is 11.6 Å². The molecule has 3 nitrogen and oxygen atoms in total. The van der Waals surface area contributed by atoms with Gasteiger partial charge >= 0.3 is 0 Å². The molecular formula is C16H14Cl2O3. The second-order valence-corrected chi connectivity index (χ2v) is 5.26. The molecule has 0 unspecified atom stereocenters. The van der Waals surface area contributed by atoms with Gasteiger partial charge in [-0.2, -0.15) is 0 Å². The van der Waals surface area contributed by atoms with E-state index in [1.54, 1.807) is 25.3 Å². The minimum atomic E-state index is -0.223. The monoisotopic (exact) mass is 324 g/mol. The van der Waals surface area contributed by atoms with Crippen molar-refractivity contribution in [3.8, 4) is 5.75 Å². The van der Waals surface area contributed by atoms with Gasteiger partial charge in [0.25, 0.3) is 0 Å². The van der Waals surface area contributed by atoms with Crippen molar-refractivity contribution in [2.45, 2.75) is 6.61 Å². The molecule has 2 rings (SSSR count). The van der Waals surface area contributed by atoms with Crippen LogP contribution in [0.3, 0.4) is 0 Å². The lowest BCUT2D eigenvalue weighted by molar-refractivity contribution is 0.0921. The lowest BCUT2D eigenvalue weighted by atomic mass is 10.1. The van der Waals surface area contributed by atoms with Crippen molar-refractivity contribution in [1.29, 1.82) is 0 Å². The summed E-state index contributed by atoms with van der Waals surface area (Å²) in [5, 5.41) is 0.825. The molecule has 0 aliphatic rings. The van der Waals surface area contributed by atoms with Crippen LogP contribution < -0.4 is 4.74 Å². The fourth-order valence-corrected chi connectivity index (χ4v) is 2.22. The molecule has 0 saturated carbocycles. The summed E-state index contributed by atoms with van der Waals surface area (Å²) in [7, 11) is 1.62. The number of hydrogen-bond acceptors (Lipinski definition) is 3. The summed E-state index contributed by atoms with van der Waals surface area (Å²) < 4.78 is 10.5. The Bertz CT molecular complexity index is 641. The molecule has 0 N–H and O–H groups in total. The molecule has 0 spiro atoms. The lowest BCUT2D eigenvalue weighted by Crippen LogP contribution is -2.12. The first kappa shape index (κ1) is 15.8. The van der Waals surface area contributed by atoms with Crippen LogP contribution in [0.25, 0.3) is 0 Å². The first-order chi connectivity index (χ1) is 10.1. The molecule has 0 bridgehead atoms. The third-order valence-corrected chi connectivity index (χ3v) is 3.37. The number of Topliss-reactive ketones (excluding diaryl/α,β-unsaturated/α-hetero) is 1. The first-order valence-electron chi connectivity index (χ1n) is 6.29. The van der Waals surface area contributed by atoms with Gasteiger partial charge in [-0.05, 0) is 35.9 Å². The van der Waals surface area contributed by atoms with Crippen LogP contribution in [-0.4, -0.2) is 19.5 Å². The van der Waals surface area contributed by atoms with E-state index in [1.165, 1.54) is 6.07 Å². The highest BCUT2D eigenvalue weighted by Crippen LogP contribution is 2.21. The number of hydrogen-bond donors (Lipinski definition) is 0. The number of rotatable bonds is 6. The van der Waals surface area contributed by atoms with Crippen molar-refractivity contribution in [3.05, 3.63) is 63.6 Å². The zero-order chi connectivity index (χ0) is 15.2. The number of ketones is 1. The van der Waals surface area contributed by atoms with Gasteiger partial charge in [0, 0.05) is 17.7 Å². The Labute approximate surface area is 133 Å². The summed E-state index contributed by atoms with van der Waals surface area (Å²) in [6, 6.07) is 12.2. The number of benzene rings is 2. The van der Waals surface area contributed by atoms with Gasteiger partial charge in [0.1, 0.15) is 5.75 Å². The quantitative estimate of drug-likeness (QED) is 0.739. The Morgan fingerprint density at radius 2 is 1.95 bits per heavy atom. The zero-order valence-electron chi connectivity index (χ0n) is 11.4. The van der Waals surface area contributed by atoms with E-state index in [-0.39, 0.29) is 12.4 Å². The van der Waals surface area contributed by atoms with Crippen molar-refractivity contribution >= 4 is 29.0 Å². The zero-order valence-corrected chi connectivity index (χ0v) is 12.9. The molecule has 0 saturated heterocycles. The summed E-state index contributed by atoms with van der Waals surface area (Å²) in [5.74, 6) is 0.385. The first-order valence-corrected chi connectivity index (χ1v) is 7.04. The molecule has 0 aliphatic heterocycles. The van der Waals surface area contributed by atoms with Crippen LogP contribution in [0.1, 0.15) is 15.9 Å². The van der Waals surface area contributed by atoms with Gasteiger partial charge in [-0.1, -0.05) is 35.3 Å². The lowest BCUT2D eigenvalue weighted by Gasteiger charge is -2.08. The van der Waals surface area contributed by atoms with E-state index >= 15 is 0 Å². The van der Waals surface area contributed by atoms with Crippen LogP contribution in [0.2, 0.25) is 10.0 Å². The van der Waals surface area contributed by atoms with Gasteiger partial charge < -0.3 is 9.47 Å². The number of carbonyl (C=O) groups is 1. The van der Waals surface area contributed by atoms with Crippen molar-refractivity contribution in [2.75, 3.05) is 13.7 Å². The normalized spacial score (nSPS) is 10.4. The highest BCUT2D eigenvalue weighted by atomic mass is 35.5. The van der Waals surface area contributed by atoms with Gasteiger partial charge in [-0.25, -0.2) is 0 Å². The second kappa shape index (κ2) is 7.46. The maximum absolute atomic E-state index is 12.1. The molecule has 5 heteroatoms. The fraction of sp³-hybridized carbons (Fsp3) is 0.188. The van der Waals surface area contributed by atoms with E-state index < -0.39 is 0 Å². The van der Waals surface area contributed by atoms with Gasteiger partial charge in [0.2, 0.25) is 5.78 Å². The summed E-state index contributed by atoms with van der Waals surface area (Å²) in [6.07, 6.45) is 0. The standard InChI is InChI=1S/C16H14Cl2O3/c1-20-9-11-3-2-4-13(7-11)21-10-16(19)14-8-12(17)5-6-15(14)18/h2-8H,9-10H2,1H3. The summed E-state index contributed by atoms with van der Waals surface area (Å²) >= 11 is 11.9. The molecule has 0 amide bonds. The highest BCUT2D eigenvalue weighted by Gasteiger charge is 2.12. The molecule has 2 aromatic rings. The Kier molecular flexibility index (Phi) is 5.62. The van der Waals surface area contributed by atoms with Crippen molar-refractivity contribution in [1.82, 2.24) is 0 Å². The minimum absolute atomic E-state index is 0.101. The van der Waals surface area contributed by atoms with Crippen molar-refractivity contribution < 1.29 is 14.3 Å². The molecule has 0 atom stereocenters. The van der Waals surface area contributed by atoms with E-state index in [2.05, 4.69) is 0 Å². The second-order valence-electron chi connectivity index (χ2n) is 4.42. The smallest absolute Gasteiger partial charge is 0.201 e. The third-order valence-electron chi connectivity index (χ3n) is 2.81. The van der Waals surface area contributed by atoms with Crippen LogP contribution in [-0.2, 0) is 11.3 Å². The fourth-order valence-electron chi connectivity index (χ4n) is 1.83. The van der Waals surface area contributed by atoms with Crippen molar-refractivity contribution in [2.24, 2.45) is 0 Å². The predicted octanol–water partition coefficient (Wildman–Crippen LogP) is 4.40. The topological polar surface area (TPSA) is 35.5 Å². The van der Waals surface area contributed by atoms with E-state index in [9.17, 15) is 4.79 Å². The third kappa shape index (κ3) is 4.46.